The first-order chi connectivity index (χ1) is 8.65. The van der Waals surface area contributed by atoms with E-state index in [4.69, 9.17) is 9.84 Å². The Hall–Kier alpha value is -1.96. The van der Waals surface area contributed by atoms with Crippen LogP contribution in [-0.2, 0) is 20.9 Å². The summed E-state index contributed by atoms with van der Waals surface area (Å²) in [6.45, 7) is 1.25. The summed E-state index contributed by atoms with van der Waals surface area (Å²) in [5.41, 5.74) is 0. The molecule has 0 aromatic carbocycles. The molecule has 1 aromatic heterocycles. The van der Waals surface area contributed by atoms with E-state index < -0.39 is 12.1 Å². The molecule has 98 valence electrons. The van der Waals surface area contributed by atoms with Gasteiger partial charge < -0.3 is 14.7 Å². The van der Waals surface area contributed by atoms with Crippen LogP contribution in [-0.4, -0.2) is 62.4 Å². The average Bonchev–Trinajstić information content (AvgIpc) is 2.81. The number of carbonyl (C=O) groups is 2. The first-order valence-corrected chi connectivity index (χ1v) is 5.58. The van der Waals surface area contributed by atoms with Gasteiger partial charge in [-0.2, -0.15) is 5.10 Å². The third-order valence-electron chi connectivity index (χ3n) is 2.66. The minimum Gasteiger partial charge on any atom is -0.481 e. The topological polar surface area (TPSA) is 97.6 Å². The number of nitrogens with zero attached hydrogens (tertiary/aromatic N) is 4. The van der Waals surface area contributed by atoms with E-state index in [0.29, 0.717) is 19.7 Å². The molecular weight excluding hydrogens is 240 g/mol. The SMILES string of the molecule is O=C(O)CC1CN(C(=O)Cn2cncn2)CCO1. The maximum atomic E-state index is 11.9. The molecular formula is C10H14N4O4. The molecule has 0 bridgehead atoms. The summed E-state index contributed by atoms with van der Waals surface area (Å²) in [4.78, 5) is 27.9. The van der Waals surface area contributed by atoms with Gasteiger partial charge in [-0.25, -0.2) is 9.67 Å². The third-order valence-corrected chi connectivity index (χ3v) is 2.66. The number of carboxylic acid groups (broad SMARTS) is 1. The molecule has 1 N–H and O–H groups in total. The van der Waals surface area contributed by atoms with E-state index in [9.17, 15) is 9.59 Å². The van der Waals surface area contributed by atoms with Crippen LogP contribution in [0.4, 0.5) is 0 Å². The van der Waals surface area contributed by atoms with Gasteiger partial charge in [-0.1, -0.05) is 0 Å². The van der Waals surface area contributed by atoms with Crippen molar-refractivity contribution in [1.29, 1.82) is 0 Å². The van der Waals surface area contributed by atoms with Gasteiger partial charge >= 0.3 is 5.97 Å². The van der Waals surface area contributed by atoms with E-state index in [1.807, 2.05) is 0 Å². The summed E-state index contributed by atoms with van der Waals surface area (Å²) >= 11 is 0. The Labute approximate surface area is 103 Å². The second kappa shape index (κ2) is 5.58. The highest BCUT2D eigenvalue weighted by atomic mass is 16.5. The van der Waals surface area contributed by atoms with Gasteiger partial charge in [-0.05, 0) is 0 Å². The van der Waals surface area contributed by atoms with E-state index in [2.05, 4.69) is 10.1 Å². The molecule has 1 aromatic rings. The Balaban J connectivity index is 1.88. The Morgan fingerprint density at radius 1 is 1.50 bits per heavy atom. The van der Waals surface area contributed by atoms with Crippen molar-refractivity contribution in [2.24, 2.45) is 0 Å². The maximum absolute atomic E-state index is 11.9. The monoisotopic (exact) mass is 254 g/mol. The van der Waals surface area contributed by atoms with Crippen molar-refractivity contribution in [3.63, 3.8) is 0 Å². The fourth-order valence-electron chi connectivity index (χ4n) is 1.82. The molecule has 1 amide bonds. The van der Waals surface area contributed by atoms with Crippen LogP contribution in [0.5, 0.6) is 0 Å². The highest BCUT2D eigenvalue weighted by Crippen LogP contribution is 2.09. The van der Waals surface area contributed by atoms with Crippen molar-refractivity contribution in [2.75, 3.05) is 19.7 Å². The number of aromatic nitrogens is 3. The summed E-state index contributed by atoms with van der Waals surface area (Å²) in [6, 6.07) is 0. The lowest BCUT2D eigenvalue weighted by molar-refractivity contribution is -0.148. The van der Waals surface area contributed by atoms with Gasteiger partial charge in [0.05, 0.1) is 19.1 Å². The van der Waals surface area contributed by atoms with Crippen molar-refractivity contribution in [1.82, 2.24) is 19.7 Å². The molecule has 8 nitrogen and oxygen atoms in total. The molecule has 1 aliphatic rings. The fourth-order valence-corrected chi connectivity index (χ4v) is 1.82. The minimum absolute atomic E-state index is 0.0902. The van der Waals surface area contributed by atoms with Crippen LogP contribution in [0.25, 0.3) is 0 Å². The summed E-state index contributed by atoms with van der Waals surface area (Å²) in [6.07, 6.45) is 2.30. The maximum Gasteiger partial charge on any atom is 0.306 e. The van der Waals surface area contributed by atoms with E-state index in [-0.39, 0.29) is 18.9 Å². The Morgan fingerprint density at radius 2 is 2.33 bits per heavy atom. The third kappa shape index (κ3) is 3.27. The summed E-state index contributed by atoms with van der Waals surface area (Å²) in [5.74, 6) is -1.04. The van der Waals surface area contributed by atoms with Crippen LogP contribution in [0.1, 0.15) is 6.42 Å². The first-order valence-electron chi connectivity index (χ1n) is 5.58. The number of rotatable bonds is 4. The minimum atomic E-state index is -0.925. The number of ether oxygens (including phenoxy) is 1. The molecule has 1 atom stereocenters. The fraction of sp³-hybridized carbons (Fsp3) is 0.600. The number of morpholine rings is 1. The Bertz CT molecular complexity index is 420. The quantitative estimate of drug-likeness (QED) is 0.738. The number of amides is 1. The van der Waals surface area contributed by atoms with Gasteiger partial charge in [0.15, 0.2) is 0 Å². The van der Waals surface area contributed by atoms with Crippen LogP contribution in [0, 0.1) is 0 Å². The molecule has 2 rings (SSSR count). The summed E-state index contributed by atoms with van der Waals surface area (Å²) < 4.78 is 6.73. The zero-order valence-electron chi connectivity index (χ0n) is 9.73. The second-order valence-electron chi connectivity index (χ2n) is 4.02. The summed E-state index contributed by atoms with van der Waals surface area (Å²) in [5, 5.41) is 12.5. The number of aliphatic carboxylic acids is 1. The number of carboxylic acids is 1. The van der Waals surface area contributed by atoms with Crippen LogP contribution in [0.15, 0.2) is 12.7 Å². The smallest absolute Gasteiger partial charge is 0.306 e. The van der Waals surface area contributed by atoms with Gasteiger partial charge in [-0.3, -0.25) is 9.59 Å². The Kier molecular flexibility index (Phi) is 3.88. The molecule has 18 heavy (non-hydrogen) atoms. The van der Waals surface area contributed by atoms with Crippen LogP contribution in [0.3, 0.4) is 0 Å². The van der Waals surface area contributed by atoms with Crippen molar-refractivity contribution in [3.8, 4) is 0 Å². The molecule has 1 fully saturated rings. The van der Waals surface area contributed by atoms with Crippen molar-refractivity contribution in [3.05, 3.63) is 12.7 Å². The number of hydrogen-bond acceptors (Lipinski definition) is 5. The molecule has 0 aliphatic carbocycles. The molecule has 0 saturated carbocycles. The second-order valence-corrected chi connectivity index (χ2v) is 4.02. The van der Waals surface area contributed by atoms with Gasteiger partial charge in [0, 0.05) is 13.1 Å². The van der Waals surface area contributed by atoms with Crippen LogP contribution < -0.4 is 0 Å². The lowest BCUT2D eigenvalue weighted by Gasteiger charge is -2.32. The van der Waals surface area contributed by atoms with Crippen molar-refractivity contribution < 1.29 is 19.4 Å². The van der Waals surface area contributed by atoms with Gasteiger partial charge in [0.1, 0.15) is 19.2 Å². The van der Waals surface area contributed by atoms with E-state index >= 15 is 0 Å². The largest absolute Gasteiger partial charge is 0.481 e. The number of carbonyl (C=O) groups excluding carboxylic acids is 1. The van der Waals surface area contributed by atoms with Gasteiger partial charge in [0.25, 0.3) is 0 Å². The standard InChI is InChI=1S/C10H14N4O4/c15-9(5-14-7-11-6-12-14)13-1-2-18-8(4-13)3-10(16)17/h6-8H,1-5H2,(H,16,17). The molecule has 1 aliphatic heterocycles. The molecule has 2 heterocycles. The van der Waals surface area contributed by atoms with E-state index in [0.717, 1.165) is 0 Å². The van der Waals surface area contributed by atoms with Crippen molar-refractivity contribution in [2.45, 2.75) is 19.1 Å². The highest BCUT2D eigenvalue weighted by Gasteiger charge is 2.25. The van der Waals surface area contributed by atoms with Crippen molar-refractivity contribution >= 4 is 11.9 Å². The zero-order chi connectivity index (χ0) is 13.0. The molecule has 0 spiro atoms. The normalized spacial score (nSPS) is 19.8. The van der Waals surface area contributed by atoms with E-state index in [1.54, 1.807) is 4.90 Å². The van der Waals surface area contributed by atoms with Gasteiger partial charge in [-0.15, -0.1) is 0 Å². The Morgan fingerprint density at radius 3 is 3.00 bits per heavy atom. The average molecular weight is 254 g/mol. The lowest BCUT2D eigenvalue weighted by atomic mass is 10.2. The predicted octanol–water partition coefficient (Wildman–Crippen LogP) is -1.02. The van der Waals surface area contributed by atoms with Crippen LogP contribution >= 0.6 is 0 Å². The molecule has 8 heteroatoms. The zero-order valence-corrected chi connectivity index (χ0v) is 9.73. The first kappa shape index (κ1) is 12.5. The molecule has 0 radical (unpaired) electrons. The van der Waals surface area contributed by atoms with Gasteiger partial charge in [0.2, 0.25) is 5.91 Å². The molecule has 1 saturated heterocycles. The van der Waals surface area contributed by atoms with E-state index in [1.165, 1.54) is 17.3 Å². The lowest BCUT2D eigenvalue weighted by Crippen LogP contribution is -2.47. The van der Waals surface area contributed by atoms with Crippen LogP contribution in [0.2, 0.25) is 0 Å². The summed E-state index contributed by atoms with van der Waals surface area (Å²) in [7, 11) is 0. The number of hydrogen-bond donors (Lipinski definition) is 1. The predicted molar refractivity (Wildman–Crippen MR) is 58.6 cm³/mol. The molecule has 1 unspecified atom stereocenters. The highest BCUT2D eigenvalue weighted by molar-refractivity contribution is 5.76.